The summed E-state index contributed by atoms with van der Waals surface area (Å²) in [5, 5.41) is 3.28. The van der Waals surface area contributed by atoms with Gasteiger partial charge in [-0.05, 0) is 34.6 Å². The van der Waals surface area contributed by atoms with Gasteiger partial charge < -0.3 is 14.6 Å². The largest absolute Gasteiger partial charge is 0.460 e. The molecule has 0 bridgehead atoms. The molecule has 1 heterocycles. The average molecular weight is 267 g/mol. The molecule has 0 fully saturated rings. The van der Waals surface area contributed by atoms with Crippen LogP contribution in [0.3, 0.4) is 0 Å². The van der Waals surface area contributed by atoms with Crippen LogP contribution in [-0.2, 0) is 16.1 Å². The number of carbonyl (C=O) groups is 1. The lowest BCUT2D eigenvalue weighted by Gasteiger charge is -2.28. The van der Waals surface area contributed by atoms with Crippen molar-refractivity contribution in [2.45, 2.75) is 46.8 Å². The Morgan fingerprint density at radius 2 is 2.00 bits per heavy atom. The van der Waals surface area contributed by atoms with Gasteiger partial charge >= 0.3 is 5.97 Å². The maximum Gasteiger partial charge on any atom is 0.313 e. The molecular weight excluding hydrogens is 242 g/mol. The fourth-order valence-electron chi connectivity index (χ4n) is 1.52. The molecule has 1 aromatic heterocycles. The van der Waals surface area contributed by atoms with E-state index in [9.17, 15) is 4.79 Å². The lowest BCUT2D eigenvalue weighted by molar-refractivity contribution is -0.165. The van der Waals surface area contributed by atoms with E-state index in [-0.39, 0.29) is 5.97 Å². The number of aromatic nitrogens is 2. The zero-order chi connectivity index (χ0) is 14.5. The van der Waals surface area contributed by atoms with Crippen molar-refractivity contribution in [3.63, 3.8) is 0 Å². The van der Waals surface area contributed by atoms with Gasteiger partial charge in [-0.2, -0.15) is 0 Å². The van der Waals surface area contributed by atoms with Gasteiger partial charge in [-0.3, -0.25) is 4.79 Å². The molecule has 0 unspecified atom stereocenters. The number of nitrogens with one attached hydrogen (secondary N) is 1. The first kappa shape index (κ1) is 15.7. The van der Waals surface area contributed by atoms with Gasteiger partial charge in [0.15, 0.2) is 0 Å². The van der Waals surface area contributed by atoms with Crippen LogP contribution >= 0.6 is 0 Å². The number of rotatable bonds is 6. The number of carbonyl (C=O) groups excluding carboxylic acids is 1. The molecule has 5 nitrogen and oxygen atoms in total. The fraction of sp³-hybridized carbons (Fsp3) is 0.714. The first-order valence-electron chi connectivity index (χ1n) is 6.61. The molecular formula is C14H25N3O2. The number of hydrogen-bond acceptors (Lipinski definition) is 4. The molecule has 1 N–H and O–H groups in total. The van der Waals surface area contributed by atoms with Crippen LogP contribution in [0.1, 0.15) is 34.6 Å². The smallest absolute Gasteiger partial charge is 0.313 e. The molecule has 0 amide bonds. The molecule has 0 saturated carbocycles. The lowest BCUT2D eigenvalue weighted by atomic mass is 9.93. The van der Waals surface area contributed by atoms with Crippen molar-refractivity contribution < 1.29 is 9.53 Å². The zero-order valence-corrected chi connectivity index (χ0v) is 12.6. The minimum Gasteiger partial charge on any atom is -0.460 e. The van der Waals surface area contributed by atoms with Crippen LogP contribution < -0.4 is 5.32 Å². The Kier molecular flexibility index (Phi) is 5.11. The molecule has 0 atom stereocenters. The van der Waals surface area contributed by atoms with Gasteiger partial charge in [0.05, 0.1) is 11.7 Å². The highest BCUT2D eigenvalue weighted by atomic mass is 16.6. The highest BCUT2D eigenvalue weighted by Crippen LogP contribution is 2.20. The van der Waals surface area contributed by atoms with E-state index >= 15 is 0 Å². The van der Waals surface area contributed by atoms with E-state index in [1.807, 2.05) is 45.4 Å². The quantitative estimate of drug-likeness (QED) is 0.631. The molecule has 0 spiro atoms. The molecule has 0 radical (unpaired) electrons. The molecule has 0 saturated heterocycles. The van der Waals surface area contributed by atoms with Crippen LogP contribution in [0.4, 0.5) is 0 Å². The summed E-state index contributed by atoms with van der Waals surface area (Å²) in [4.78, 5) is 16.0. The van der Waals surface area contributed by atoms with Crippen LogP contribution in [0, 0.1) is 5.41 Å². The molecule has 1 rings (SSSR count). The van der Waals surface area contributed by atoms with Crippen molar-refractivity contribution in [1.82, 2.24) is 14.9 Å². The number of hydrogen-bond donors (Lipinski definition) is 1. The van der Waals surface area contributed by atoms with Crippen LogP contribution in [0.25, 0.3) is 0 Å². The van der Waals surface area contributed by atoms with Crippen molar-refractivity contribution >= 4 is 5.97 Å². The van der Waals surface area contributed by atoms with Gasteiger partial charge in [-0.1, -0.05) is 0 Å². The summed E-state index contributed by atoms with van der Waals surface area (Å²) in [6.07, 6.45) is 5.45. The number of ether oxygens (including phenoxy) is 1. The van der Waals surface area contributed by atoms with E-state index in [1.54, 1.807) is 12.5 Å². The van der Waals surface area contributed by atoms with Crippen molar-refractivity contribution in [2.24, 2.45) is 5.41 Å². The molecule has 19 heavy (non-hydrogen) atoms. The number of nitrogens with zero attached hydrogens (tertiary/aromatic N) is 2. The van der Waals surface area contributed by atoms with Crippen LogP contribution in [0.2, 0.25) is 0 Å². The topological polar surface area (TPSA) is 56.1 Å². The summed E-state index contributed by atoms with van der Waals surface area (Å²) in [5.74, 6) is -0.171. The van der Waals surface area contributed by atoms with E-state index < -0.39 is 11.0 Å². The van der Waals surface area contributed by atoms with Gasteiger partial charge in [0.25, 0.3) is 0 Å². The first-order chi connectivity index (χ1) is 8.71. The van der Waals surface area contributed by atoms with Gasteiger partial charge in [-0.15, -0.1) is 0 Å². The maximum absolute atomic E-state index is 12.0. The SMILES string of the molecule is CC(C)(C)OC(=O)C(C)(C)CNCCn1ccnc1. The maximum atomic E-state index is 12.0. The van der Waals surface area contributed by atoms with E-state index in [0.717, 1.165) is 13.1 Å². The Hall–Kier alpha value is -1.36. The van der Waals surface area contributed by atoms with Crippen LogP contribution in [0.15, 0.2) is 18.7 Å². The van der Waals surface area contributed by atoms with Crippen LogP contribution in [-0.4, -0.2) is 34.2 Å². The Morgan fingerprint density at radius 3 is 2.53 bits per heavy atom. The second kappa shape index (κ2) is 6.19. The summed E-state index contributed by atoms with van der Waals surface area (Å²) < 4.78 is 7.40. The molecule has 1 aromatic rings. The molecule has 0 aliphatic heterocycles. The molecule has 0 aromatic carbocycles. The van der Waals surface area contributed by atoms with Crippen molar-refractivity contribution in [2.75, 3.05) is 13.1 Å². The summed E-state index contributed by atoms with van der Waals surface area (Å²) in [6.45, 7) is 11.7. The zero-order valence-electron chi connectivity index (χ0n) is 12.6. The summed E-state index contributed by atoms with van der Waals surface area (Å²) in [7, 11) is 0. The fourth-order valence-corrected chi connectivity index (χ4v) is 1.52. The minimum absolute atomic E-state index is 0.171. The van der Waals surface area contributed by atoms with E-state index in [4.69, 9.17) is 4.74 Å². The first-order valence-corrected chi connectivity index (χ1v) is 6.61. The molecule has 108 valence electrons. The third-order valence-corrected chi connectivity index (χ3v) is 2.62. The standard InChI is InChI=1S/C14H25N3O2/c1-13(2,3)19-12(18)14(4,5)10-15-6-8-17-9-7-16-11-17/h7,9,11,15H,6,8,10H2,1-5H3. The van der Waals surface area contributed by atoms with Gasteiger partial charge in [0, 0.05) is 32.0 Å². The predicted octanol–water partition coefficient (Wildman–Crippen LogP) is 1.84. The van der Waals surface area contributed by atoms with Crippen molar-refractivity contribution in [3.8, 4) is 0 Å². The minimum atomic E-state index is -0.526. The average Bonchev–Trinajstić information content (AvgIpc) is 2.74. The summed E-state index contributed by atoms with van der Waals surface area (Å²) in [5.41, 5.74) is -0.965. The predicted molar refractivity (Wildman–Crippen MR) is 74.7 cm³/mol. The van der Waals surface area contributed by atoms with E-state index in [2.05, 4.69) is 10.3 Å². The Morgan fingerprint density at radius 1 is 1.32 bits per heavy atom. The third-order valence-electron chi connectivity index (χ3n) is 2.62. The number of imidazole rings is 1. The highest BCUT2D eigenvalue weighted by Gasteiger charge is 2.32. The Balaban J connectivity index is 2.31. The van der Waals surface area contributed by atoms with Crippen LogP contribution in [0.5, 0.6) is 0 Å². The summed E-state index contributed by atoms with van der Waals surface area (Å²) in [6, 6.07) is 0. The monoisotopic (exact) mass is 267 g/mol. The van der Waals surface area contributed by atoms with Crippen molar-refractivity contribution in [1.29, 1.82) is 0 Å². The summed E-state index contributed by atoms with van der Waals surface area (Å²) >= 11 is 0. The second-order valence-electron chi connectivity index (χ2n) is 6.36. The molecule has 0 aliphatic carbocycles. The Bertz CT molecular complexity index is 391. The van der Waals surface area contributed by atoms with Crippen molar-refractivity contribution in [3.05, 3.63) is 18.7 Å². The lowest BCUT2D eigenvalue weighted by Crippen LogP contribution is -2.41. The van der Waals surface area contributed by atoms with Gasteiger partial charge in [0.2, 0.25) is 0 Å². The van der Waals surface area contributed by atoms with Gasteiger partial charge in [0.1, 0.15) is 5.60 Å². The highest BCUT2D eigenvalue weighted by molar-refractivity contribution is 5.76. The second-order valence-corrected chi connectivity index (χ2v) is 6.36. The van der Waals surface area contributed by atoms with E-state index in [1.165, 1.54) is 0 Å². The Labute approximate surface area is 115 Å². The molecule has 5 heteroatoms. The normalized spacial score (nSPS) is 12.5. The molecule has 0 aliphatic rings. The van der Waals surface area contributed by atoms with E-state index in [0.29, 0.717) is 6.54 Å². The number of esters is 1. The van der Waals surface area contributed by atoms with Gasteiger partial charge in [-0.25, -0.2) is 4.98 Å². The third kappa shape index (κ3) is 5.87.